The van der Waals surface area contributed by atoms with Crippen LogP contribution in [0.2, 0.25) is 10.0 Å². The van der Waals surface area contributed by atoms with Gasteiger partial charge in [0.05, 0.1) is 15.7 Å². The molecular weight excluding hydrogens is 247 g/mol. The standard InChI is InChI=1S/C11H14Cl2N2O/c1-3-15(4-2)11(16)7-5-8(12)10(13)9(14)6-7/h5-6H,3-4,14H2,1-2H3. The minimum atomic E-state index is -0.0877. The van der Waals surface area contributed by atoms with Crippen molar-refractivity contribution in [2.75, 3.05) is 18.8 Å². The van der Waals surface area contributed by atoms with Crippen molar-refractivity contribution in [2.45, 2.75) is 13.8 Å². The number of rotatable bonds is 3. The number of amides is 1. The molecule has 0 radical (unpaired) electrons. The molecule has 2 N–H and O–H groups in total. The van der Waals surface area contributed by atoms with Crippen LogP contribution in [0.1, 0.15) is 24.2 Å². The Labute approximate surface area is 105 Å². The third-order valence-corrected chi connectivity index (χ3v) is 3.17. The number of nitrogens with two attached hydrogens (primary N) is 1. The van der Waals surface area contributed by atoms with Gasteiger partial charge < -0.3 is 10.6 Å². The van der Waals surface area contributed by atoms with Crippen molar-refractivity contribution in [1.29, 1.82) is 0 Å². The molecule has 16 heavy (non-hydrogen) atoms. The summed E-state index contributed by atoms with van der Waals surface area (Å²) < 4.78 is 0. The number of nitrogen functional groups attached to an aromatic ring is 1. The van der Waals surface area contributed by atoms with Gasteiger partial charge in [-0.1, -0.05) is 23.2 Å². The molecule has 0 aliphatic rings. The van der Waals surface area contributed by atoms with Gasteiger partial charge >= 0.3 is 0 Å². The zero-order valence-electron chi connectivity index (χ0n) is 9.26. The summed E-state index contributed by atoms with van der Waals surface area (Å²) in [5.74, 6) is -0.0877. The highest BCUT2D eigenvalue weighted by Crippen LogP contribution is 2.29. The van der Waals surface area contributed by atoms with E-state index in [1.165, 1.54) is 0 Å². The SMILES string of the molecule is CCN(CC)C(=O)c1cc(N)c(Cl)c(Cl)c1. The van der Waals surface area contributed by atoms with Gasteiger partial charge in [-0.05, 0) is 26.0 Å². The molecule has 0 saturated heterocycles. The third kappa shape index (κ3) is 2.60. The molecule has 1 aromatic rings. The zero-order valence-corrected chi connectivity index (χ0v) is 10.8. The van der Waals surface area contributed by atoms with Crippen LogP contribution >= 0.6 is 23.2 Å². The van der Waals surface area contributed by atoms with Gasteiger partial charge in [-0.15, -0.1) is 0 Å². The summed E-state index contributed by atoms with van der Waals surface area (Å²) in [5, 5.41) is 0.593. The van der Waals surface area contributed by atoms with Crippen molar-refractivity contribution >= 4 is 34.8 Å². The molecule has 0 atom stereocenters. The number of nitrogens with zero attached hydrogens (tertiary/aromatic N) is 1. The predicted octanol–water partition coefficient (Wildman–Crippen LogP) is 3.06. The van der Waals surface area contributed by atoms with Gasteiger partial charge in [0.1, 0.15) is 0 Å². The first-order chi connectivity index (χ1) is 7.51. The van der Waals surface area contributed by atoms with E-state index in [-0.39, 0.29) is 10.9 Å². The summed E-state index contributed by atoms with van der Waals surface area (Å²) >= 11 is 11.7. The summed E-state index contributed by atoms with van der Waals surface area (Å²) in [4.78, 5) is 13.7. The van der Waals surface area contributed by atoms with Crippen molar-refractivity contribution in [2.24, 2.45) is 0 Å². The van der Waals surface area contributed by atoms with E-state index >= 15 is 0 Å². The van der Waals surface area contributed by atoms with E-state index in [0.717, 1.165) is 0 Å². The molecule has 88 valence electrons. The fourth-order valence-corrected chi connectivity index (χ4v) is 1.76. The Morgan fingerprint density at radius 3 is 2.31 bits per heavy atom. The van der Waals surface area contributed by atoms with E-state index in [0.29, 0.717) is 29.4 Å². The second kappa shape index (κ2) is 5.41. The summed E-state index contributed by atoms with van der Waals surface area (Å²) in [6.45, 7) is 5.13. The van der Waals surface area contributed by atoms with Gasteiger partial charge in [0.2, 0.25) is 0 Å². The second-order valence-corrected chi connectivity index (χ2v) is 4.12. The van der Waals surface area contributed by atoms with Crippen LogP contribution in [-0.2, 0) is 0 Å². The molecule has 1 aromatic carbocycles. The largest absolute Gasteiger partial charge is 0.397 e. The molecule has 0 spiro atoms. The molecule has 1 rings (SSSR count). The van der Waals surface area contributed by atoms with Crippen LogP contribution < -0.4 is 5.73 Å². The molecule has 5 heteroatoms. The van der Waals surface area contributed by atoms with Crippen LogP contribution in [0.5, 0.6) is 0 Å². The molecule has 0 heterocycles. The molecule has 0 bridgehead atoms. The van der Waals surface area contributed by atoms with E-state index in [1.807, 2.05) is 13.8 Å². The van der Waals surface area contributed by atoms with E-state index in [1.54, 1.807) is 17.0 Å². The lowest BCUT2D eigenvalue weighted by atomic mass is 10.1. The van der Waals surface area contributed by atoms with Crippen LogP contribution in [0, 0.1) is 0 Å². The van der Waals surface area contributed by atoms with Crippen molar-refractivity contribution in [3.8, 4) is 0 Å². The number of halogens is 2. The maximum Gasteiger partial charge on any atom is 0.253 e. The van der Waals surface area contributed by atoms with Crippen LogP contribution in [0.3, 0.4) is 0 Å². The van der Waals surface area contributed by atoms with Gasteiger partial charge in [-0.2, -0.15) is 0 Å². The van der Waals surface area contributed by atoms with Crippen LogP contribution in [-0.4, -0.2) is 23.9 Å². The molecule has 0 aromatic heterocycles. The molecule has 0 unspecified atom stereocenters. The van der Waals surface area contributed by atoms with Crippen LogP contribution in [0.25, 0.3) is 0 Å². The highest BCUT2D eigenvalue weighted by atomic mass is 35.5. The Morgan fingerprint density at radius 2 is 1.88 bits per heavy atom. The Hall–Kier alpha value is -0.930. The highest BCUT2D eigenvalue weighted by molar-refractivity contribution is 6.43. The molecular formula is C11H14Cl2N2O. The van der Waals surface area contributed by atoms with Crippen molar-refractivity contribution in [3.63, 3.8) is 0 Å². The van der Waals surface area contributed by atoms with E-state index in [4.69, 9.17) is 28.9 Å². The van der Waals surface area contributed by atoms with Crippen molar-refractivity contribution in [1.82, 2.24) is 4.90 Å². The number of anilines is 1. The Morgan fingerprint density at radius 1 is 1.31 bits per heavy atom. The maximum absolute atomic E-state index is 12.0. The molecule has 0 fully saturated rings. The molecule has 0 saturated carbocycles. The quantitative estimate of drug-likeness (QED) is 0.850. The summed E-state index contributed by atoms with van der Waals surface area (Å²) in [5.41, 5.74) is 6.45. The van der Waals surface area contributed by atoms with Crippen molar-refractivity contribution in [3.05, 3.63) is 27.7 Å². The first kappa shape index (κ1) is 13.1. The molecule has 0 aliphatic heterocycles. The molecule has 0 aliphatic carbocycles. The zero-order chi connectivity index (χ0) is 12.3. The molecule has 3 nitrogen and oxygen atoms in total. The van der Waals surface area contributed by atoms with Gasteiger partial charge in [-0.25, -0.2) is 0 Å². The van der Waals surface area contributed by atoms with Gasteiger partial charge in [0, 0.05) is 18.7 Å². The summed E-state index contributed by atoms with van der Waals surface area (Å²) in [7, 11) is 0. The highest BCUT2D eigenvalue weighted by Gasteiger charge is 2.15. The van der Waals surface area contributed by atoms with Crippen molar-refractivity contribution < 1.29 is 4.79 Å². The minimum absolute atomic E-state index is 0.0877. The fraction of sp³-hybridized carbons (Fsp3) is 0.364. The first-order valence-electron chi connectivity index (χ1n) is 5.05. The van der Waals surface area contributed by atoms with Crippen LogP contribution in [0.15, 0.2) is 12.1 Å². The number of benzene rings is 1. The lowest BCUT2D eigenvalue weighted by Crippen LogP contribution is -2.30. The lowest BCUT2D eigenvalue weighted by Gasteiger charge is -2.19. The Kier molecular flexibility index (Phi) is 4.44. The number of carbonyl (C=O) groups excluding carboxylic acids is 1. The predicted molar refractivity (Wildman–Crippen MR) is 68.1 cm³/mol. The van der Waals surface area contributed by atoms with Gasteiger partial charge in [0.15, 0.2) is 0 Å². The van der Waals surface area contributed by atoms with E-state index < -0.39 is 0 Å². The average molecular weight is 261 g/mol. The number of carbonyl (C=O) groups is 1. The second-order valence-electron chi connectivity index (χ2n) is 3.34. The van der Waals surface area contributed by atoms with Gasteiger partial charge in [0.25, 0.3) is 5.91 Å². The van der Waals surface area contributed by atoms with Crippen LogP contribution in [0.4, 0.5) is 5.69 Å². The summed E-state index contributed by atoms with van der Waals surface area (Å²) in [6, 6.07) is 3.09. The normalized spacial score (nSPS) is 10.2. The monoisotopic (exact) mass is 260 g/mol. The average Bonchev–Trinajstić information content (AvgIpc) is 2.26. The molecule has 1 amide bonds. The smallest absolute Gasteiger partial charge is 0.253 e. The Balaban J connectivity index is 3.10. The topological polar surface area (TPSA) is 46.3 Å². The lowest BCUT2D eigenvalue weighted by molar-refractivity contribution is 0.0773. The maximum atomic E-state index is 12.0. The number of hydrogen-bond donors (Lipinski definition) is 1. The first-order valence-corrected chi connectivity index (χ1v) is 5.80. The summed E-state index contributed by atoms with van der Waals surface area (Å²) in [6.07, 6.45) is 0. The fourth-order valence-electron chi connectivity index (χ4n) is 1.43. The minimum Gasteiger partial charge on any atom is -0.397 e. The van der Waals surface area contributed by atoms with E-state index in [2.05, 4.69) is 0 Å². The van der Waals surface area contributed by atoms with Gasteiger partial charge in [-0.3, -0.25) is 4.79 Å². The Bertz CT molecular complexity index is 380. The van der Waals surface area contributed by atoms with E-state index in [9.17, 15) is 4.79 Å². The number of hydrogen-bond acceptors (Lipinski definition) is 2. The third-order valence-electron chi connectivity index (χ3n) is 2.35.